The van der Waals surface area contributed by atoms with E-state index >= 15 is 0 Å². The average molecular weight is 270 g/mol. The largest absolute Gasteiger partial charge is 0.338 e. The molecule has 0 saturated carbocycles. The van der Waals surface area contributed by atoms with Crippen molar-refractivity contribution in [3.05, 3.63) is 0 Å². The first kappa shape index (κ1) is 18.3. The third kappa shape index (κ3) is 15.2. The van der Waals surface area contributed by atoms with Crippen LogP contribution < -0.4 is 10.6 Å². The minimum atomic E-state index is -0.0328. The molecule has 0 saturated heterocycles. The number of rotatable bonds is 13. The van der Waals surface area contributed by atoms with E-state index in [-0.39, 0.29) is 6.03 Å². The van der Waals surface area contributed by atoms with Crippen molar-refractivity contribution in [2.75, 3.05) is 13.1 Å². The van der Waals surface area contributed by atoms with Gasteiger partial charge in [-0.2, -0.15) is 0 Å². The molecule has 0 aromatic carbocycles. The lowest BCUT2D eigenvalue weighted by Gasteiger charge is -2.05. The van der Waals surface area contributed by atoms with Gasteiger partial charge in [0.2, 0.25) is 0 Å². The second-order valence-corrected chi connectivity index (χ2v) is 5.32. The van der Waals surface area contributed by atoms with Gasteiger partial charge in [0.1, 0.15) is 0 Å². The molecule has 0 atom stereocenters. The van der Waals surface area contributed by atoms with Gasteiger partial charge in [-0.1, -0.05) is 71.1 Å². The monoisotopic (exact) mass is 270 g/mol. The Morgan fingerprint density at radius 3 is 1.63 bits per heavy atom. The second-order valence-electron chi connectivity index (χ2n) is 5.32. The van der Waals surface area contributed by atoms with Crippen molar-refractivity contribution >= 4 is 6.03 Å². The number of carbonyl (C=O) groups is 1. The topological polar surface area (TPSA) is 41.1 Å². The normalized spacial score (nSPS) is 10.4. The van der Waals surface area contributed by atoms with Crippen LogP contribution in [0.1, 0.15) is 84.5 Å². The van der Waals surface area contributed by atoms with Gasteiger partial charge in [0, 0.05) is 13.1 Å². The fourth-order valence-electron chi connectivity index (χ4n) is 2.21. The Hall–Kier alpha value is -0.730. The number of unbranched alkanes of at least 4 members (excludes halogenated alkanes) is 10. The van der Waals surface area contributed by atoms with Crippen LogP contribution in [-0.4, -0.2) is 19.1 Å². The summed E-state index contributed by atoms with van der Waals surface area (Å²) in [4.78, 5) is 11.1. The SMILES string of the molecule is CCCCCCCCCCCCCNC(=O)NCC. The van der Waals surface area contributed by atoms with Crippen LogP contribution in [0.4, 0.5) is 4.79 Å². The molecular formula is C16H34N2O. The summed E-state index contributed by atoms with van der Waals surface area (Å²) in [5, 5.41) is 5.60. The molecule has 0 aromatic rings. The van der Waals surface area contributed by atoms with E-state index in [0.29, 0.717) is 6.54 Å². The highest BCUT2D eigenvalue weighted by Crippen LogP contribution is 2.10. The zero-order valence-electron chi connectivity index (χ0n) is 13.1. The quantitative estimate of drug-likeness (QED) is 0.471. The van der Waals surface area contributed by atoms with E-state index in [2.05, 4.69) is 17.6 Å². The van der Waals surface area contributed by atoms with Crippen molar-refractivity contribution in [3.8, 4) is 0 Å². The summed E-state index contributed by atoms with van der Waals surface area (Å²) in [6, 6.07) is -0.0328. The number of nitrogens with one attached hydrogen (secondary N) is 2. The van der Waals surface area contributed by atoms with Gasteiger partial charge in [0.15, 0.2) is 0 Å². The van der Waals surface area contributed by atoms with Gasteiger partial charge < -0.3 is 10.6 Å². The zero-order valence-corrected chi connectivity index (χ0v) is 13.1. The van der Waals surface area contributed by atoms with Crippen LogP contribution >= 0.6 is 0 Å². The fraction of sp³-hybridized carbons (Fsp3) is 0.938. The van der Waals surface area contributed by atoms with E-state index in [1.807, 2.05) is 6.92 Å². The molecule has 19 heavy (non-hydrogen) atoms. The summed E-state index contributed by atoms with van der Waals surface area (Å²) in [5.74, 6) is 0. The third-order valence-electron chi connectivity index (χ3n) is 3.40. The van der Waals surface area contributed by atoms with Crippen LogP contribution in [-0.2, 0) is 0 Å². The van der Waals surface area contributed by atoms with Gasteiger partial charge in [-0.25, -0.2) is 4.79 Å². The van der Waals surface area contributed by atoms with Crippen LogP contribution in [0.2, 0.25) is 0 Å². The van der Waals surface area contributed by atoms with Crippen molar-refractivity contribution in [2.45, 2.75) is 84.5 Å². The predicted octanol–water partition coefficient (Wildman–Crippen LogP) is 4.62. The summed E-state index contributed by atoms with van der Waals surface area (Å²) in [6.07, 6.45) is 14.8. The third-order valence-corrected chi connectivity index (χ3v) is 3.40. The van der Waals surface area contributed by atoms with Crippen LogP contribution in [0.5, 0.6) is 0 Å². The Morgan fingerprint density at radius 2 is 1.16 bits per heavy atom. The molecule has 0 aliphatic heterocycles. The highest BCUT2D eigenvalue weighted by molar-refractivity contribution is 5.73. The second kappa shape index (κ2) is 15.3. The lowest BCUT2D eigenvalue weighted by molar-refractivity contribution is 0.241. The molecule has 0 rings (SSSR count). The number of hydrogen-bond acceptors (Lipinski definition) is 1. The standard InChI is InChI=1S/C16H34N2O/c1-3-5-6-7-8-9-10-11-12-13-14-15-18-16(19)17-4-2/h3-15H2,1-2H3,(H2,17,18,19). The lowest BCUT2D eigenvalue weighted by atomic mass is 10.1. The maximum absolute atomic E-state index is 11.1. The van der Waals surface area contributed by atoms with Gasteiger partial charge in [-0.3, -0.25) is 0 Å². The number of hydrogen-bond donors (Lipinski definition) is 2. The zero-order chi connectivity index (χ0) is 14.2. The van der Waals surface area contributed by atoms with Crippen molar-refractivity contribution in [3.63, 3.8) is 0 Å². The minimum Gasteiger partial charge on any atom is -0.338 e. The smallest absolute Gasteiger partial charge is 0.314 e. The predicted molar refractivity (Wildman–Crippen MR) is 83.5 cm³/mol. The van der Waals surface area contributed by atoms with Gasteiger partial charge in [-0.15, -0.1) is 0 Å². The van der Waals surface area contributed by atoms with Gasteiger partial charge in [-0.05, 0) is 13.3 Å². The average Bonchev–Trinajstić information content (AvgIpc) is 2.40. The van der Waals surface area contributed by atoms with Crippen LogP contribution in [0.3, 0.4) is 0 Å². The van der Waals surface area contributed by atoms with Crippen LogP contribution in [0.15, 0.2) is 0 Å². The molecule has 114 valence electrons. The Morgan fingerprint density at radius 1 is 0.684 bits per heavy atom. The van der Waals surface area contributed by atoms with E-state index in [1.165, 1.54) is 64.2 Å². The minimum absolute atomic E-state index is 0.0328. The van der Waals surface area contributed by atoms with E-state index in [0.717, 1.165) is 13.0 Å². The summed E-state index contributed by atoms with van der Waals surface area (Å²) in [5.41, 5.74) is 0. The maximum Gasteiger partial charge on any atom is 0.314 e. The van der Waals surface area contributed by atoms with Crippen LogP contribution in [0.25, 0.3) is 0 Å². The summed E-state index contributed by atoms with van der Waals surface area (Å²) >= 11 is 0. The molecule has 3 nitrogen and oxygen atoms in total. The molecule has 0 aliphatic rings. The summed E-state index contributed by atoms with van der Waals surface area (Å²) < 4.78 is 0. The first-order valence-corrected chi connectivity index (χ1v) is 8.33. The molecule has 0 aromatic heterocycles. The molecule has 0 fully saturated rings. The van der Waals surface area contributed by atoms with E-state index in [4.69, 9.17) is 0 Å². The van der Waals surface area contributed by atoms with E-state index < -0.39 is 0 Å². The molecule has 2 amide bonds. The van der Waals surface area contributed by atoms with Crippen molar-refractivity contribution in [1.29, 1.82) is 0 Å². The molecule has 2 N–H and O–H groups in total. The van der Waals surface area contributed by atoms with Crippen molar-refractivity contribution in [2.24, 2.45) is 0 Å². The van der Waals surface area contributed by atoms with Gasteiger partial charge >= 0.3 is 6.03 Å². The summed E-state index contributed by atoms with van der Waals surface area (Å²) in [7, 11) is 0. The molecule has 3 heteroatoms. The highest BCUT2D eigenvalue weighted by atomic mass is 16.2. The van der Waals surface area contributed by atoms with Gasteiger partial charge in [0.25, 0.3) is 0 Å². The Bertz CT molecular complexity index is 195. The molecule has 0 spiro atoms. The van der Waals surface area contributed by atoms with E-state index in [1.54, 1.807) is 0 Å². The Kier molecular flexibility index (Phi) is 14.7. The number of carbonyl (C=O) groups excluding carboxylic acids is 1. The molecular weight excluding hydrogens is 236 g/mol. The fourth-order valence-corrected chi connectivity index (χ4v) is 2.21. The molecule has 0 bridgehead atoms. The summed E-state index contributed by atoms with van der Waals surface area (Å²) in [6.45, 7) is 5.70. The lowest BCUT2D eigenvalue weighted by Crippen LogP contribution is -2.35. The van der Waals surface area contributed by atoms with Gasteiger partial charge in [0.05, 0.1) is 0 Å². The van der Waals surface area contributed by atoms with Crippen molar-refractivity contribution in [1.82, 2.24) is 10.6 Å². The molecule has 0 unspecified atom stereocenters. The first-order chi connectivity index (χ1) is 9.31. The Labute approximate surface area is 119 Å². The van der Waals surface area contributed by atoms with Crippen LogP contribution in [0, 0.1) is 0 Å². The first-order valence-electron chi connectivity index (χ1n) is 8.33. The number of amides is 2. The highest BCUT2D eigenvalue weighted by Gasteiger charge is 1.96. The Balaban J connectivity index is 3.01. The number of urea groups is 1. The maximum atomic E-state index is 11.1. The van der Waals surface area contributed by atoms with E-state index in [9.17, 15) is 4.79 Å². The molecule has 0 aliphatic carbocycles. The molecule has 0 radical (unpaired) electrons. The molecule has 0 heterocycles. The van der Waals surface area contributed by atoms with Crippen molar-refractivity contribution < 1.29 is 4.79 Å².